The number of rotatable bonds is 7. The van der Waals surface area contributed by atoms with Gasteiger partial charge in [0.05, 0.1) is 40.8 Å². The molecule has 1 aromatic carbocycles. The number of nitrogens with one attached hydrogen (secondary N) is 3. The van der Waals surface area contributed by atoms with Crippen molar-refractivity contribution in [1.29, 1.82) is 5.41 Å². The third-order valence-electron chi connectivity index (χ3n) is 5.57. The normalized spacial score (nSPS) is 17.7. The van der Waals surface area contributed by atoms with E-state index in [1.807, 2.05) is 25.3 Å². The summed E-state index contributed by atoms with van der Waals surface area (Å²) in [5.74, 6) is 0.214. The van der Waals surface area contributed by atoms with Crippen molar-refractivity contribution in [2.45, 2.75) is 25.9 Å². The highest BCUT2D eigenvalue weighted by Crippen LogP contribution is 2.32. The van der Waals surface area contributed by atoms with Gasteiger partial charge in [-0.05, 0) is 49.4 Å². The van der Waals surface area contributed by atoms with E-state index < -0.39 is 6.04 Å². The van der Waals surface area contributed by atoms with Crippen LogP contribution in [0, 0.1) is 5.41 Å². The number of piperidine rings is 1. The molecule has 1 aliphatic rings. The van der Waals surface area contributed by atoms with Crippen LogP contribution < -0.4 is 14.8 Å². The Balaban J connectivity index is 1.92. The number of hydrogen-bond acceptors (Lipinski definition) is 7. The topological polar surface area (TPSA) is 90.3 Å². The lowest BCUT2D eigenvalue weighted by Gasteiger charge is -2.36. The summed E-state index contributed by atoms with van der Waals surface area (Å²) in [5, 5.41) is 12.7. The number of likely N-dealkylation sites (tertiary alicyclic amines) is 1. The molecule has 1 unspecified atom stereocenters. The highest BCUT2D eigenvalue weighted by Gasteiger charge is 2.33. The smallest absolute Gasteiger partial charge is 0.256 e. The number of hydrogen-bond donors (Lipinski definition) is 3. The lowest BCUT2D eigenvalue weighted by molar-refractivity contribution is 0.0728. The fourth-order valence-corrected chi connectivity index (χ4v) is 4.69. The monoisotopic (exact) mass is 507 g/mol. The van der Waals surface area contributed by atoms with E-state index in [2.05, 4.69) is 15.0 Å². The molecule has 7 nitrogen and oxygen atoms in total. The molecule has 1 aliphatic heterocycles. The van der Waals surface area contributed by atoms with Gasteiger partial charge in [0.25, 0.3) is 5.91 Å². The van der Waals surface area contributed by atoms with Crippen molar-refractivity contribution in [3.8, 4) is 5.75 Å². The van der Waals surface area contributed by atoms with Gasteiger partial charge in [-0.1, -0.05) is 41.2 Å². The van der Waals surface area contributed by atoms with Crippen molar-refractivity contribution >= 4 is 52.5 Å². The Kier molecular flexibility index (Phi) is 8.64. The molecule has 0 spiro atoms. The first kappa shape index (κ1) is 25.4. The first-order valence-corrected chi connectivity index (χ1v) is 12.4. The van der Waals surface area contributed by atoms with Gasteiger partial charge in [-0.25, -0.2) is 4.98 Å². The van der Waals surface area contributed by atoms with Crippen LogP contribution >= 0.6 is 35.1 Å². The first-order chi connectivity index (χ1) is 15.8. The number of amides is 1. The Bertz CT molecular complexity index is 1090. The molecule has 2 aromatic rings. The van der Waals surface area contributed by atoms with Crippen molar-refractivity contribution in [3.05, 3.63) is 62.9 Å². The number of pyridine rings is 1. The molecule has 176 valence electrons. The zero-order valence-corrected chi connectivity index (χ0v) is 21.3. The Morgan fingerprint density at radius 1 is 1.36 bits per heavy atom. The van der Waals surface area contributed by atoms with Crippen molar-refractivity contribution in [2.24, 2.45) is 0 Å². The summed E-state index contributed by atoms with van der Waals surface area (Å²) < 4.78 is 8.45. The van der Waals surface area contributed by atoms with Crippen LogP contribution in [-0.4, -0.2) is 54.5 Å². The fourth-order valence-electron chi connectivity index (χ4n) is 3.86. The van der Waals surface area contributed by atoms with Gasteiger partial charge in [-0.15, -0.1) is 0 Å². The lowest BCUT2D eigenvalue weighted by Crippen LogP contribution is -2.48. The molecule has 0 radical (unpaired) electrons. The Morgan fingerprint density at radius 3 is 2.79 bits per heavy atom. The number of ether oxygens (including phenoxy) is 1. The maximum atomic E-state index is 13.3. The third-order valence-corrected chi connectivity index (χ3v) is 6.59. The molecular formula is C23H27Cl2N5O2S. The van der Waals surface area contributed by atoms with E-state index in [1.54, 1.807) is 30.1 Å². The van der Waals surface area contributed by atoms with Gasteiger partial charge in [0.2, 0.25) is 0 Å². The zero-order valence-electron chi connectivity index (χ0n) is 19.0. The minimum atomic E-state index is -0.441. The largest absolute Gasteiger partial charge is 0.495 e. The predicted octanol–water partition coefficient (Wildman–Crippen LogP) is 4.65. The SMILES string of the molecule is CN/C(=C1/CCN(C(=O)c2cccc(OC)c2Cl)C(C)C1=N)c1cc(CNSC)cc(Cl)n1. The molecule has 2 heterocycles. The molecule has 1 atom stereocenters. The zero-order chi connectivity index (χ0) is 24.1. The molecular weight excluding hydrogens is 481 g/mol. The second kappa shape index (κ2) is 11.2. The Hall–Kier alpha value is -2.26. The number of carbonyl (C=O) groups excluding carboxylic acids is 1. The maximum absolute atomic E-state index is 13.3. The number of halogens is 2. The third kappa shape index (κ3) is 5.46. The molecule has 1 saturated heterocycles. The van der Waals surface area contributed by atoms with Crippen LogP contribution in [-0.2, 0) is 6.54 Å². The quantitative estimate of drug-likeness (QED) is 0.373. The van der Waals surface area contributed by atoms with E-state index >= 15 is 0 Å². The molecule has 10 heteroatoms. The number of carbonyl (C=O) groups is 1. The van der Waals surface area contributed by atoms with Crippen LogP contribution in [0.15, 0.2) is 35.9 Å². The average Bonchev–Trinajstić information content (AvgIpc) is 2.80. The minimum Gasteiger partial charge on any atom is -0.495 e. The van der Waals surface area contributed by atoms with Crippen LogP contribution in [0.1, 0.15) is 35.0 Å². The van der Waals surface area contributed by atoms with Crippen molar-refractivity contribution in [3.63, 3.8) is 0 Å². The second-order valence-electron chi connectivity index (χ2n) is 7.47. The van der Waals surface area contributed by atoms with Gasteiger partial charge < -0.3 is 20.4 Å². The summed E-state index contributed by atoms with van der Waals surface area (Å²) in [6.07, 6.45) is 2.46. The summed E-state index contributed by atoms with van der Waals surface area (Å²) in [4.78, 5) is 19.4. The molecule has 1 aromatic heterocycles. The minimum absolute atomic E-state index is 0.229. The number of methoxy groups -OCH3 is 1. The van der Waals surface area contributed by atoms with E-state index in [0.717, 1.165) is 16.8 Å². The lowest BCUT2D eigenvalue weighted by atomic mass is 9.91. The molecule has 1 amide bonds. The van der Waals surface area contributed by atoms with Gasteiger partial charge in [-0.2, -0.15) is 0 Å². The summed E-state index contributed by atoms with van der Waals surface area (Å²) in [7, 11) is 3.31. The van der Waals surface area contributed by atoms with Gasteiger partial charge in [0, 0.05) is 25.7 Å². The summed E-state index contributed by atoms with van der Waals surface area (Å²) >= 11 is 14.2. The summed E-state index contributed by atoms with van der Waals surface area (Å²) in [6.45, 7) is 2.93. The summed E-state index contributed by atoms with van der Waals surface area (Å²) in [5.41, 5.74) is 3.93. The average molecular weight is 508 g/mol. The molecule has 1 fully saturated rings. The Morgan fingerprint density at radius 2 is 2.12 bits per heavy atom. The number of aromatic nitrogens is 1. The molecule has 0 bridgehead atoms. The van der Waals surface area contributed by atoms with E-state index in [4.69, 9.17) is 33.3 Å². The number of nitrogens with zero attached hydrogens (tertiary/aromatic N) is 2. The van der Waals surface area contributed by atoms with Gasteiger partial charge in [-0.3, -0.25) is 9.52 Å². The van der Waals surface area contributed by atoms with Crippen LogP contribution in [0.2, 0.25) is 10.2 Å². The van der Waals surface area contributed by atoms with E-state index in [0.29, 0.717) is 47.4 Å². The number of benzene rings is 1. The highest BCUT2D eigenvalue weighted by atomic mass is 35.5. The maximum Gasteiger partial charge on any atom is 0.256 e. The molecule has 3 N–H and O–H groups in total. The van der Waals surface area contributed by atoms with Gasteiger partial charge in [0.1, 0.15) is 10.9 Å². The summed E-state index contributed by atoms with van der Waals surface area (Å²) in [6, 6.07) is 8.45. The van der Waals surface area contributed by atoms with Gasteiger partial charge >= 0.3 is 0 Å². The predicted molar refractivity (Wildman–Crippen MR) is 136 cm³/mol. The van der Waals surface area contributed by atoms with Crippen molar-refractivity contribution < 1.29 is 9.53 Å². The first-order valence-electron chi connectivity index (χ1n) is 10.4. The van der Waals surface area contributed by atoms with Crippen molar-refractivity contribution in [2.75, 3.05) is 27.0 Å². The fraction of sp³-hybridized carbons (Fsp3) is 0.348. The molecule has 3 rings (SSSR count). The molecule has 0 saturated carbocycles. The molecule has 0 aliphatic carbocycles. The van der Waals surface area contributed by atoms with Crippen LogP contribution in [0.3, 0.4) is 0 Å². The van der Waals surface area contributed by atoms with Crippen LogP contribution in [0.25, 0.3) is 5.70 Å². The van der Waals surface area contributed by atoms with Crippen LogP contribution in [0.5, 0.6) is 5.75 Å². The van der Waals surface area contributed by atoms with E-state index in [-0.39, 0.29) is 10.9 Å². The van der Waals surface area contributed by atoms with Crippen molar-refractivity contribution in [1.82, 2.24) is 19.9 Å². The van der Waals surface area contributed by atoms with E-state index in [1.165, 1.54) is 19.1 Å². The standard InChI is InChI=1S/C23H27Cl2N5O2S/c1-13-21(26)16(22(27-2)17-10-14(12-28-33-4)11-19(24)29-17)8-9-30(13)23(31)15-6-5-7-18(32-3)20(15)25/h5-7,10-11,13,26-28H,8-9,12H2,1-4H3/b22-16-,26-21?. The van der Waals surface area contributed by atoms with Gasteiger partial charge in [0.15, 0.2) is 0 Å². The second-order valence-corrected chi connectivity index (χ2v) is 8.93. The highest BCUT2D eigenvalue weighted by molar-refractivity contribution is 7.96. The molecule has 33 heavy (non-hydrogen) atoms. The van der Waals surface area contributed by atoms with Crippen LogP contribution in [0.4, 0.5) is 0 Å². The van der Waals surface area contributed by atoms with E-state index in [9.17, 15) is 4.79 Å². The Labute approximate surface area is 208 Å².